The molecule has 0 radical (unpaired) electrons. The van der Waals surface area contributed by atoms with Gasteiger partial charge in [-0.2, -0.15) is 13.2 Å². The lowest BCUT2D eigenvalue weighted by atomic mass is 10.0. The van der Waals surface area contributed by atoms with Gasteiger partial charge in [0.25, 0.3) is 0 Å². The van der Waals surface area contributed by atoms with Crippen molar-refractivity contribution in [3.63, 3.8) is 0 Å². The summed E-state index contributed by atoms with van der Waals surface area (Å²) in [5, 5.41) is 0. The third-order valence-electron chi connectivity index (χ3n) is 3.68. The molecule has 3 aromatic rings. The smallest absolute Gasteiger partial charge is 0.417 e. The quantitative estimate of drug-likeness (QED) is 0.687. The van der Waals surface area contributed by atoms with Crippen molar-refractivity contribution < 1.29 is 17.9 Å². The van der Waals surface area contributed by atoms with Crippen LogP contribution >= 0.6 is 0 Å². The molecule has 3 nitrogen and oxygen atoms in total. The van der Waals surface area contributed by atoms with E-state index in [0.717, 1.165) is 29.0 Å². The van der Waals surface area contributed by atoms with Crippen LogP contribution in [0, 0.1) is 13.8 Å². The summed E-state index contributed by atoms with van der Waals surface area (Å²) in [7, 11) is 1.57. The second-order valence-electron chi connectivity index (χ2n) is 5.47. The molecular formula is C17H15F3N2O. The van der Waals surface area contributed by atoms with Gasteiger partial charge < -0.3 is 9.14 Å². The maximum atomic E-state index is 12.8. The minimum Gasteiger partial charge on any atom is -0.496 e. The van der Waals surface area contributed by atoms with Crippen LogP contribution in [0.3, 0.4) is 0 Å². The summed E-state index contributed by atoms with van der Waals surface area (Å²) >= 11 is 0. The summed E-state index contributed by atoms with van der Waals surface area (Å²) in [4.78, 5) is 4.41. The molecule has 0 aliphatic carbocycles. The van der Waals surface area contributed by atoms with E-state index >= 15 is 0 Å². The lowest BCUT2D eigenvalue weighted by molar-refractivity contribution is -0.137. The van der Waals surface area contributed by atoms with Gasteiger partial charge in [0, 0.05) is 18.0 Å². The number of aryl methyl sites for hydroxylation is 2. The molecule has 0 N–H and O–H groups in total. The molecule has 3 rings (SSSR count). The maximum absolute atomic E-state index is 12.8. The summed E-state index contributed by atoms with van der Waals surface area (Å²) in [5.41, 5.74) is 3.08. The molecule has 0 saturated carbocycles. The molecule has 0 saturated heterocycles. The van der Waals surface area contributed by atoms with E-state index in [1.54, 1.807) is 13.3 Å². The number of benzene rings is 1. The van der Waals surface area contributed by atoms with Crippen molar-refractivity contribution in [2.24, 2.45) is 0 Å². The van der Waals surface area contributed by atoms with Crippen LogP contribution in [0.1, 0.15) is 16.7 Å². The molecule has 1 aromatic carbocycles. The van der Waals surface area contributed by atoms with Crippen molar-refractivity contribution in [1.29, 1.82) is 0 Å². The van der Waals surface area contributed by atoms with Crippen molar-refractivity contribution in [2.45, 2.75) is 20.0 Å². The summed E-state index contributed by atoms with van der Waals surface area (Å²) in [6, 6.07) is 6.30. The van der Waals surface area contributed by atoms with Crippen molar-refractivity contribution in [2.75, 3.05) is 7.11 Å². The maximum Gasteiger partial charge on any atom is 0.417 e. The molecule has 120 valence electrons. The molecule has 23 heavy (non-hydrogen) atoms. The topological polar surface area (TPSA) is 26.5 Å². The number of fused-ring (bicyclic) bond motifs is 1. The largest absolute Gasteiger partial charge is 0.496 e. The summed E-state index contributed by atoms with van der Waals surface area (Å²) in [6.45, 7) is 3.88. The first-order valence-corrected chi connectivity index (χ1v) is 7.01. The Bertz CT molecular complexity index is 881. The van der Waals surface area contributed by atoms with E-state index in [1.165, 1.54) is 10.5 Å². The summed E-state index contributed by atoms with van der Waals surface area (Å²) in [6.07, 6.45) is -1.75. The van der Waals surface area contributed by atoms with Crippen LogP contribution in [0.15, 0.2) is 36.7 Å². The molecule has 0 bridgehead atoms. The van der Waals surface area contributed by atoms with Gasteiger partial charge in [-0.25, -0.2) is 4.98 Å². The minimum absolute atomic E-state index is 0.453. The highest BCUT2D eigenvalue weighted by Gasteiger charge is 2.31. The molecule has 0 atom stereocenters. The van der Waals surface area contributed by atoms with Crippen LogP contribution in [0.2, 0.25) is 0 Å². The first kappa shape index (κ1) is 15.4. The Morgan fingerprint density at radius 2 is 1.83 bits per heavy atom. The van der Waals surface area contributed by atoms with Gasteiger partial charge in [0.15, 0.2) is 0 Å². The zero-order chi connectivity index (χ0) is 16.8. The number of hydrogen-bond acceptors (Lipinski definition) is 2. The van der Waals surface area contributed by atoms with E-state index < -0.39 is 11.7 Å². The standard InChI is InChI=1S/C17H15F3N2O/c1-10-6-11(2)16(23-3)13(7-10)14-9-22-8-12(17(18,19)20)4-5-15(22)21-14/h4-9H,1-3H3. The van der Waals surface area contributed by atoms with Gasteiger partial charge in [-0.15, -0.1) is 0 Å². The number of imidazole rings is 1. The van der Waals surface area contributed by atoms with E-state index in [9.17, 15) is 13.2 Å². The molecular weight excluding hydrogens is 305 g/mol. The highest BCUT2D eigenvalue weighted by Crippen LogP contribution is 2.34. The zero-order valence-electron chi connectivity index (χ0n) is 12.9. The normalized spacial score (nSPS) is 11.9. The van der Waals surface area contributed by atoms with Crippen molar-refractivity contribution in [3.05, 3.63) is 53.3 Å². The fourth-order valence-corrected chi connectivity index (χ4v) is 2.70. The predicted molar refractivity (Wildman–Crippen MR) is 81.7 cm³/mol. The van der Waals surface area contributed by atoms with Gasteiger partial charge in [0.1, 0.15) is 11.4 Å². The zero-order valence-corrected chi connectivity index (χ0v) is 12.9. The molecule has 0 unspecified atom stereocenters. The highest BCUT2D eigenvalue weighted by molar-refractivity contribution is 5.72. The van der Waals surface area contributed by atoms with Crippen molar-refractivity contribution in [3.8, 4) is 17.0 Å². The number of rotatable bonds is 2. The fourth-order valence-electron chi connectivity index (χ4n) is 2.70. The molecule has 2 heterocycles. The Morgan fingerprint density at radius 3 is 2.48 bits per heavy atom. The number of pyridine rings is 1. The number of aromatic nitrogens is 2. The lowest BCUT2D eigenvalue weighted by Crippen LogP contribution is -2.05. The van der Waals surface area contributed by atoms with Gasteiger partial charge in [-0.3, -0.25) is 0 Å². The van der Waals surface area contributed by atoms with Crippen LogP contribution in [-0.2, 0) is 6.18 Å². The van der Waals surface area contributed by atoms with Crippen LogP contribution < -0.4 is 4.74 Å². The first-order chi connectivity index (χ1) is 10.8. The Morgan fingerprint density at radius 1 is 1.09 bits per heavy atom. The molecule has 0 amide bonds. The predicted octanol–water partition coefficient (Wildman–Crippen LogP) is 4.65. The Kier molecular flexibility index (Phi) is 3.55. The number of nitrogens with zero attached hydrogens (tertiary/aromatic N) is 2. The molecule has 0 spiro atoms. The first-order valence-electron chi connectivity index (χ1n) is 7.01. The fraction of sp³-hybridized carbons (Fsp3) is 0.235. The third kappa shape index (κ3) is 2.76. The van der Waals surface area contributed by atoms with E-state index in [-0.39, 0.29) is 0 Å². The highest BCUT2D eigenvalue weighted by atomic mass is 19.4. The van der Waals surface area contributed by atoms with E-state index in [2.05, 4.69) is 4.98 Å². The van der Waals surface area contributed by atoms with Gasteiger partial charge in [-0.05, 0) is 43.2 Å². The summed E-state index contributed by atoms with van der Waals surface area (Å²) in [5.74, 6) is 0.676. The van der Waals surface area contributed by atoms with Crippen LogP contribution in [0.4, 0.5) is 13.2 Å². The minimum atomic E-state index is -4.38. The lowest BCUT2D eigenvalue weighted by Gasteiger charge is -2.10. The summed E-state index contributed by atoms with van der Waals surface area (Å²) < 4.78 is 45.3. The van der Waals surface area contributed by atoms with E-state index in [0.29, 0.717) is 17.1 Å². The monoisotopic (exact) mass is 320 g/mol. The van der Waals surface area contributed by atoms with Gasteiger partial charge in [-0.1, -0.05) is 6.07 Å². The number of ether oxygens (including phenoxy) is 1. The van der Waals surface area contributed by atoms with Crippen LogP contribution in [0.25, 0.3) is 16.9 Å². The van der Waals surface area contributed by atoms with Crippen molar-refractivity contribution in [1.82, 2.24) is 9.38 Å². The van der Waals surface area contributed by atoms with Crippen LogP contribution in [0.5, 0.6) is 5.75 Å². The Labute approximate surface area is 131 Å². The van der Waals surface area contributed by atoms with E-state index in [4.69, 9.17) is 4.74 Å². The second-order valence-corrected chi connectivity index (χ2v) is 5.47. The number of halogens is 3. The number of methoxy groups -OCH3 is 1. The van der Waals surface area contributed by atoms with Gasteiger partial charge in [0.05, 0.1) is 18.4 Å². The third-order valence-corrected chi connectivity index (χ3v) is 3.68. The van der Waals surface area contributed by atoms with E-state index in [1.807, 2.05) is 26.0 Å². The molecule has 0 aliphatic rings. The molecule has 2 aromatic heterocycles. The molecule has 0 aliphatic heterocycles. The SMILES string of the molecule is COc1c(C)cc(C)cc1-c1cn2cc(C(F)(F)F)ccc2n1. The van der Waals surface area contributed by atoms with Crippen molar-refractivity contribution >= 4 is 5.65 Å². The second kappa shape index (κ2) is 5.30. The van der Waals surface area contributed by atoms with Gasteiger partial charge >= 0.3 is 6.18 Å². The van der Waals surface area contributed by atoms with Gasteiger partial charge in [0.2, 0.25) is 0 Å². The number of alkyl halides is 3. The Hall–Kier alpha value is -2.50. The molecule has 6 heteroatoms. The van der Waals surface area contributed by atoms with Crippen LogP contribution in [-0.4, -0.2) is 16.5 Å². The average Bonchev–Trinajstić information content (AvgIpc) is 2.88. The Balaban J connectivity index is 2.18. The number of hydrogen-bond donors (Lipinski definition) is 0. The average molecular weight is 320 g/mol. The molecule has 0 fully saturated rings.